The third-order valence-corrected chi connectivity index (χ3v) is 5.17. The minimum absolute atomic E-state index is 0.0385. The predicted octanol–water partition coefficient (Wildman–Crippen LogP) is 1.75. The Bertz CT molecular complexity index is 682. The first-order valence-corrected chi connectivity index (χ1v) is 10.1. The number of hydrogen-bond donors (Lipinski definition) is 1. The Morgan fingerprint density at radius 2 is 1.92 bits per heavy atom. The Morgan fingerprint density at radius 3 is 2.46 bits per heavy atom. The van der Waals surface area contributed by atoms with Gasteiger partial charge in [-0.1, -0.05) is 6.07 Å². The van der Waals surface area contributed by atoms with E-state index >= 15 is 0 Å². The fourth-order valence-electron chi connectivity index (χ4n) is 2.79. The Morgan fingerprint density at radius 1 is 1.25 bits per heavy atom. The van der Waals surface area contributed by atoms with E-state index in [1.165, 1.54) is 0 Å². The molecule has 7 heteroatoms. The number of nitrogens with one attached hydrogen (secondary N) is 1. The third-order valence-electron chi connectivity index (χ3n) is 4.23. The number of carbonyl (C=O) groups is 1. The molecular weight excluding hydrogens is 330 g/mol. The normalized spacial score (nSPS) is 15.6. The van der Waals surface area contributed by atoms with Gasteiger partial charge in [-0.25, -0.2) is 8.42 Å². The molecule has 6 nitrogen and oxygen atoms in total. The second-order valence-corrected chi connectivity index (χ2v) is 8.50. The minimum atomic E-state index is -3.07. The number of hydrogen-bond acceptors (Lipinski definition) is 5. The molecule has 1 fully saturated rings. The van der Waals surface area contributed by atoms with Crippen molar-refractivity contribution in [3.8, 4) is 11.5 Å². The largest absolute Gasteiger partial charge is 0.493 e. The number of amides is 1. The van der Waals surface area contributed by atoms with Crippen molar-refractivity contribution in [1.82, 2.24) is 5.32 Å². The van der Waals surface area contributed by atoms with Gasteiger partial charge in [0.05, 0.1) is 20.0 Å². The Balaban J connectivity index is 2.03. The van der Waals surface area contributed by atoms with E-state index in [2.05, 4.69) is 5.32 Å². The van der Waals surface area contributed by atoms with Crippen molar-refractivity contribution in [3.05, 3.63) is 23.8 Å². The molecule has 1 aliphatic carbocycles. The number of rotatable bonds is 9. The van der Waals surface area contributed by atoms with E-state index in [4.69, 9.17) is 9.47 Å². The summed E-state index contributed by atoms with van der Waals surface area (Å²) < 4.78 is 32.9. The second-order valence-electron chi connectivity index (χ2n) is 6.24. The molecule has 24 heavy (non-hydrogen) atoms. The van der Waals surface area contributed by atoms with Gasteiger partial charge in [-0.2, -0.15) is 0 Å². The average molecular weight is 355 g/mol. The van der Waals surface area contributed by atoms with Crippen LogP contribution in [-0.2, 0) is 14.6 Å². The van der Waals surface area contributed by atoms with Crippen LogP contribution in [0.2, 0.25) is 0 Å². The monoisotopic (exact) mass is 355 g/mol. The summed E-state index contributed by atoms with van der Waals surface area (Å²) in [4.78, 5) is 12.2. The number of benzene rings is 1. The summed E-state index contributed by atoms with van der Waals surface area (Å²) in [6, 6.07) is 5.74. The molecule has 0 aromatic heterocycles. The highest BCUT2D eigenvalue weighted by atomic mass is 32.2. The van der Waals surface area contributed by atoms with Crippen molar-refractivity contribution < 1.29 is 22.7 Å². The fraction of sp³-hybridized carbons (Fsp3) is 0.588. The highest BCUT2D eigenvalue weighted by Gasteiger charge is 2.34. The van der Waals surface area contributed by atoms with Gasteiger partial charge >= 0.3 is 0 Å². The summed E-state index contributed by atoms with van der Waals surface area (Å²) in [5, 5.41) is 2.70. The molecule has 1 aromatic rings. The molecule has 0 heterocycles. The van der Waals surface area contributed by atoms with Crippen molar-refractivity contribution in [3.63, 3.8) is 0 Å². The maximum Gasteiger partial charge on any atom is 0.220 e. The van der Waals surface area contributed by atoms with Crippen LogP contribution < -0.4 is 14.8 Å². The van der Waals surface area contributed by atoms with E-state index in [-0.39, 0.29) is 24.1 Å². The molecule has 0 aliphatic heterocycles. The zero-order valence-corrected chi connectivity index (χ0v) is 15.2. The van der Waals surface area contributed by atoms with Crippen LogP contribution in [0.3, 0.4) is 0 Å². The first-order valence-electron chi connectivity index (χ1n) is 8.00. The molecule has 1 saturated carbocycles. The summed E-state index contributed by atoms with van der Waals surface area (Å²) in [7, 11) is 0.111. The molecule has 0 saturated heterocycles. The van der Waals surface area contributed by atoms with Crippen LogP contribution in [0.1, 0.15) is 30.7 Å². The fourth-order valence-corrected chi connectivity index (χ4v) is 3.26. The highest BCUT2D eigenvalue weighted by molar-refractivity contribution is 7.90. The van der Waals surface area contributed by atoms with Crippen LogP contribution >= 0.6 is 0 Å². The van der Waals surface area contributed by atoms with Crippen LogP contribution in [0.4, 0.5) is 0 Å². The lowest BCUT2D eigenvalue weighted by atomic mass is 9.90. The van der Waals surface area contributed by atoms with Crippen molar-refractivity contribution in [1.29, 1.82) is 0 Å². The van der Waals surface area contributed by atoms with E-state index in [0.29, 0.717) is 23.8 Å². The van der Waals surface area contributed by atoms with E-state index in [1.54, 1.807) is 14.2 Å². The molecule has 1 aliphatic rings. The lowest BCUT2D eigenvalue weighted by molar-refractivity contribution is -0.121. The van der Waals surface area contributed by atoms with Gasteiger partial charge in [0.25, 0.3) is 0 Å². The van der Waals surface area contributed by atoms with E-state index in [1.807, 2.05) is 18.2 Å². The zero-order chi connectivity index (χ0) is 17.7. The van der Waals surface area contributed by atoms with Crippen LogP contribution in [-0.4, -0.2) is 47.1 Å². The number of carbonyl (C=O) groups excluding carboxylic acids is 1. The highest BCUT2D eigenvalue weighted by Crippen LogP contribution is 2.46. The van der Waals surface area contributed by atoms with E-state index in [9.17, 15) is 13.2 Å². The molecule has 1 aromatic carbocycles. The van der Waals surface area contributed by atoms with Gasteiger partial charge < -0.3 is 14.8 Å². The summed E-state index contributed by atoms with van der Waals surface area (Å²) in [6.45, 7) is 0.154. The molecule has 1 amide bonds. The molecule has 1 N–H and O–H groups in total. The van der Waals surface area contributed by atoms with Gasteiger partial charge in [0.15, 0.2) is 11.5 Å². The Hall–Kier alpha value is -1.76. The first-order chi connectivity index (χ1) is 11.3. The van der Waals surface area contributed by atoms with Gasteiger partial charge in [-0.05, 0) is 42.4 Å². The number of methoxy groups -OCH3 is 2. The van der Waals surface area contributed by atoms with Crippen molar-refractivity contribution in [2.24, 2.45) is 5.92 Å². The maximum atomic E-state index is 12.2. The molecule has 0 radical (unpaired) electrons. The lowest BCUT2D eigenvalue weighted by Gasteiger charge is -2.18. The first kappa shape index (κ1) is 18.6. The summed E-state index contributed by atoms with van der Waals surface area (Å²) in [6.07, 6.45) is 3.73. The molecule has 0 bridgehead atoms. The molecule has 1 atom stereocenters. The van der Waals surface area contributed by atoms with Gasteiger partial charge in [0.1, 0.15) is 9.84 Å². The second kappa shape index (κ2) is 7.88. The summed E-state index contributed by atoms with van der Waals surface area (Å²) in [5.74, 6) is 1.76. The van der Waals surface area contributed by atoms with Crippen LogP contribution in [0, 0.1) is 5.92 Å². The van der Waals surface area contributed by atoms with E-state index < -0.39 is 9.84 Å². The maximum absolute atomic E-state index is 12.2. The molecular formula is C17H25NO5S. The molecule has 134 valence electrons. The van der Waals surface area contributed by atoms with Crippen molar-refractivity contribution in [2.45, 2.75) is 25.2 Å². The SMILES string of the molecule is COc1ccc(C(CC(=O)NCCS(C)(=O)=O)C2CC2)cc1OC. The van der Waals surface area contributed by atoms with Crippen molar-refractivity contribution >= 4 is 15.7 Å². The summed E-state index contributed by atoms with van der Waals surface area (Å²) >= 11 is 0. The molecule has 2 rings (SSSR count). The van der Waals surface area contributed by atoms with Crippen LogP contribution in [0.15, 0.2) is 18.2 Å². The predicted molar refractivity (Wildman–Crippen MR) is 92.3 cm³/mol. The van der Waals surface area contributed by atoms with Gasteiger partial charge in [0.2, 0.25) is 5.91 Å². The Labute approximate surface area is 143 Å². The lowest BCUT2D eigenvalue weighted by Crippen LogP contribution is -2.30. The van der Waals surface area contributed by atoms with Crippen LogP contribution in [0.25, 0.3) is 0 Å². The Kier molecular flexibility index (Phi) is 6.10. The molecule has 0 spiro atoms. The number of sulfone groups is 1. The van der Waals surface area contributed by atoms with E-state index in [0.717, 1.165) is 24.7 Å². The van der Waals surface area contributed by atoms with Gasteiger partial charge in [-0.15, -0.1) is 0 Å². The topological polar surface area (TPSA) is 81.7 Å². The zero-order valence-electron chi connectivity index (χ0n) is 14.4. The standard InChI is InChI=1S/C17H25NO5S/c1-22-15-7-6-13(10-16(15)23-2)14(12-4-5-12)11-17(19)18-8-9-24(3,20)21/h6-7,10,12,14H,4-5,8-9,11H2,1-3H3,(H,18,19). The summed E-state index contributed by atoms with van der Waals surface area (Å²) in [5.41, 5.74) is 1.05. The molecule has 1 unspecified atom stereocenters. The van der Waals surface area contributed by atoms with Crippen molar-refractivity contribution in [2.75, 3.05) is 32.8 Å². The minimum Gasteiger partial charge on any atom is -0.493 e. The number of ether oxygens (including phenoxy) is 2. The third kappa shape index (κ3) is 5.40. The van der Waals surface area contributed by atoms with Gasteiger partial charge in [-0.3, -0.25) is 4.79 Å². The van der Waals surface area contributed by atoms with Crippen LogP contribution in [0.5, 0.6) is 11.5 Å². The smallest absolute Gasteiger partial charge is 0.220 e. The van der Waals surface area contributed by atoms with Gasteiger partial charge in [0, 0.05) is 19.2 Å². The quantitative estimate of drug-likeness (QED) is 0.730. The average Bonchev–Trinajstić information content (AvgIpc) is 3.35.